The fraction of sp³-hybridized carbons (Fsp3) is 0.714. The Bertz CT molecular complexity index is 532. The van der Waals surface area contributed by atoms with Crippen molar-refractivity contribution in [3.63, 3.8) is 0 Å². The summed E-state index contributed by atoms with van der Waals surface area (Å²) in [6, 6.07) is 0.257. The molecule has 8 nitrogen and oxygen atoms in total. The monoisotopic (exact) mass is 310 g/mol. The van der Waals surface area contributed by atoms with Gasteiger partial charge >= 0.3 is 5.69 Å². The van der Waals surface area contributed by atoms with E-state index in [-0.39, 0.29) is 30.0 Å². The van der Waals surface area contributed by atoms with E-state index in [1.54, 1.807) is 7.11 Å². The maximum Gasteiger partial charge on any atom is 0.372 e. The predicted molar refractivity (Wildman–Crippen MR) is 81.2 cm³/mol. The van der Waals surface area contributed by atoms with E-state index in [1.165, 1.54) is 0 Å². The van der Waals surface area contributed by atoms with Gasteiger partial charge in [0.1, 0.15) is 12.4 Å². The summed E-state index contributed by atoms with van der Waals surface area (Å²) in [6.45, 7) is 4.64. The molecule has 0 aromatic carbocycles. The molecule has 0 radical (unpaired) electrons. The third-order valence-corrected chi connectivity index (χ3v) is 3.12. The van der Waals surface area contributed by atoms with Crippen molar-refractivity contribution in [2.75, 3.05) is 25.6 Å². The molecule has 22 heavy (non-hydrogen) atoms. The minimum absolute atomic E-state index is 0.0100. The molecule has 0 atom stereocenters. The number of nitrogens with one attached hydrogen (secondary N) is 1. The maximum atomic E-state index is 11.4. The lowest BCUT2D eigenvalue weighted by molar-refractivity contribution is -0.385. The first kappa shape index (κ1) is 16.4. The molecule has 0 unspecified atom stereocenters. The quantitative estimate of drug-likeness (QED) is 0.424. The van der Waals surface area contributed by atoms with Crippen LogP contribution in [0.5, 0.6) is 5.88 Å². The second-order valence-corrected chi connectivity index (χ2v) is 5.76. The summed E-state index contributed by atoms with van der Waals surface area (Å²) in [5, 5.41) is 14.5. The smallest absolute Gasteiger partial charge is 0.372 e. The molecular weight excluding hydrogens is 288 g/mol. The van der Waals surface area contributed by atoms with Gasteiger partial charge in [-0.15, -0.1) is 0 Å². The van der Waals surface area contributed by atoms with Crippen molar-refractivity contribution in [1.82, 2.24) is 9.97 Å². The zero-order valence-electron chi connectivity index (χ0n) is 13.2. The van der Waals surface area contributed by atoms with E-state index in [0.717, 1.165) is 12.8 Å². The molecule has 1 aliphatic carbocycles. The van der Waals surface area contributed by atoms with Crippen LogP contribution in [0.25, 0.3) is 0 Å². The second-order valence-electron chi connectivity index (χ2n) is 5.76. The van der Waals surface area contributed by atoms with Crippen molar-refractivity contribution in [2.24, 2.45) is 5.92 Å². The van der Waals surface area contributed by atoms with E-state index < -0.39 is 4.92 Å². The van der Waals surface area contributed by atoms with Crippen LogP contribution in [-0.4, -0.2) is 41.3 Å². The average Bonchev–Trinajstić information content (AvgIpc) is 3.21. The first-order valence-electron chi connectivity index (χ1n) is 7.44. The third-order valence-electron chi connectivity index (χ3n) is 3.12. The van der Waals surface area contributed by atoms with Crippen molar-refractivity contribution in [3.05, 3.63) is 15.9 Å². The van der Waals surface area contributed by atoms with Crippen LogP contribution in [-0.2, 0) is 11.2 Å². The van der Waals surface area contributed by atoms with E-state index in [2.05, 4.69) is 15.3 Å². The van der Waals surface area contributed by atoms with Gasteiger partial charge in [-0.1, -0.05) is 13.8 Å². The van der Waals surface area contributed by atoms with E-state index >= 15 is 0 Å². The van der Waals surface area contributed by atoms with Crippen LogP contribution in [0.15, 0.2) is 0 Å². The lowest BCUT2D eigenvalue weighted by atomic mass is 10.1. The summed E-state index contributed by atoms with van der Waals surface area (Å²) in [7, 11) is 1.54. The number of rotatable bonds is 9. The summed E-state index contributed by atoms with van der Waals surface area (Å²) in [4.78, 5) is 19.4. The van der Waals surface area contributed by atoms with Gasteiger partial charge in [-0.2, -0.15) is 4.98 Å². The molecule has 1 aromatic heterocycles. The first-order chi connectivity index (χ1) is 10.5. The van der Waals surface area contributed by atoms with E-state index in [1.807, 2.05) is 13.8 Å². The number of hydrogen-bond acceptors (Lipinski definition) is 7. The molecule has 122 valence electrons. The minimum atomic E-state index is -0.494. The maximum absolute atomic E-state index is 11.4. The minimum Gasteiger partial charge on any atom is -0.470 e. The van der Waals surface area contributed by atoms with Crippen molar-refractivity contribution >= 4 is 11.5 Å². The molecule has 0 spiro atoms. The third kappa shape index (κ3) is 4.52. The van der Waals surface area contributed by atoms with Crippen LogP contribution in [0.3, 0.4) is 0 Å². The zero-order chi connectivity index (χ0) is 16.1. The van der Waals surface area contributed by atoms with Gasteiger partial charge in [0.2, 0.25) is 5.82 Å². The molecule has 0 bridgehead atoms. The van der Waals surface area contributed by atoms with Gasteiger partial charge in [-0.05, 0) is 18.8 Å². The Morgan fingerprint density at radius 2 is 2.09 bits per heavy atom. The lowest BCUT2D eigenvalue weighted by Crippen LogP contribution is -2.14. The standard InChI is InChI=1S/C14H22N4O4/c1-9(2)8-11-16-13(15-10-4-5-10)12(18(19)20)14(17-11)22-7-6-21-3/h9-10H,4-8H2,1-3H3,(H,15,16,17). The number of nitro groups is 1. The number of ether oxygens (including phenoxy) is 2. The van der Waals surface area contributed by atoms with Gasteiger partial charge < -0.3 is 14.8 Å². The molecule has 1 aliphatic rings. The Labute approximate surface area is 129 Å². The van der Waals surface area contributed by atoms with Crippen molar-refractivity contribution in [2.45, 2.75) is 39.2 Å². The van der Waals surface area contributed by atoms with Gasteiger partial charge in [-0.3, -0.25) is 10.1 Å². The molecular formula is C14H22N4O4. The highest BCUT2D eigenvalue weighted by Crippen LogP contribution is 2.35. The van der Waals surface area contributed by atoms with Crippen LogP contribution in [0.1, 0.15) is 32.5 Å². The van der Waals surface area contributed by atoms with Gasteiger partial charge in [0.05, 0.1) is 11.5 Å². The molecule has 1 fully saturated rings. The summed E-state index contributed by atoms with van der Waals surface area (Å²) >= 11 is 0. The van der Waals surface area contributed by atoms with Crippen LogP contribution >= 0.6 is 0 Å². The van der Waals surface area contributed by atoms with E-state index in [0.29, 0.717) is 24.8 Å². The summed E-state index contributed by atoms with van der Waals surface area (Å²) < 4.78 is 10.4. The first-order valence-corrected chi connectivity index (χ1v) is 7.44. The highest BCUT2D eigenvalue weighted by Gasteiger charge is 2.31. The summed E-state index contributed by atoms with van der Waals surface area (Å²) in [5.41, 5.74) is -0.199. The normalized spacial score (nSPS) is 14.2. The Balaban J connectivity index is 2.33. The van der Waals surface area contributed by atoms with E-state index in [9.17, 15) is 10.1 Å². The van der Waals surface area contributed by atoms with Gasteiger partial charge in [0.15, 0.2) is 0 Å². The molecule has 2 rings (SSSR count). The fourth-order valence-electron chi connectivity index (χ4n) is 1.94. The molecule has 1 N–H and O–H groups in total. The molecule has 1 aromatic rings. The van der Waals surface area contributed by atoms with Crippen molar-refractivity contribution in [3.8, 4) is 5.88 Å². The summed E-state index contributed by atoms with van der Waals surface area (Å²) in [5.74, 6) is 1.17. The highest BCUT2D eigenvalue weighted by molar-refractivity contribution is 5.62. The van der Waals surface area contributed by atoms with Gasteiger partial charge in [-0.25, -0.2) is 4.98 Å². The largest absolute Gasteiger partial charge is 0.470 e. The van der Waals surface area contributed by atoms with Gasteiger partial charge in [0.25, 0.3) is 5.88 Å². The van der Waals surface area contributed by atoms with Gasteiger partial charge in [0, 0.05) is 19.6 Å². The number of aromatic nitrogens is 2. The molecule has 8 heteroatoms. The lowest BCUT2D eigenvalue weighted by Gasteiger charge is -2.12. The highest BCUT2D eigenvalue weighted by atomic mass is 16.6. The number of anilines is 1. The SMILES string of the molecule is COCCOc1nc(CC(C)C)nc(NC2CC2)c1[N+](=O)[O-]. The topological polar surface area (TPSA) is 99.4 Å². The van der Waals surface area contributed by atoms with Crippen molar-refractivity contribution in [1.29, 1.82) is 0 Å². The summed E-state index contributed by atoms with van der Waals surface area (Å²) in [6.07, 6.45) is 2.64. The fourth-order valence-corrected chi connectivity index (χ4v) is 1.94. The molecule has 0 amide bonds. The molecule has 1 saturated carbocycles. The van der Waals surface area contributed by atoms with Crippen LogP contribution in [0, 0.1) is 16.0 Å². The predicted octanol–water partition coefficient (Wildman–Crippen LogP) is 2.18. The second kappa shape index (κ2) is 7.35. The van der Waals surface area contributed by atoms with Crippen LogP contribution in [0.2, 0.25) is 0 Å². The van der Waals surface area contributed by atoms with Crippen molar-refractivity contribution < 1.29 is 14.4 Å². The zero-order valence-corrected chi connectivity index (χ0v) is 13.2. The number of nitrogens with zero attached hydrogens (tertiary/aromatic N) is 3. The number of hydrogen-bond donors (Lipinski definition) is 1. The Kier molecular flexibility index (Phi) is 5.48. The average molecular weight is 310 g/mol. The Hall–Kier alpha value is -1.96. The molecule has 1 heterocycles. The molecule has 0 saturated heterocycles. The van der Waals surface area contributed by atoms with E-state index in [4.69, 9.17) is 9.47 Å². The Morgan fingerprint density at radius 1 is 1.36 bits per heavy atom. The number of methoxy groups -OCH3 is 1. The Morgan fingerprint density at radius 3 is 2.64 bits per heavy atom. The van der Waals surface area contributed by atoms with Crippen LogP contribution < -0.4 is 10.1 Å². The van der Waals surface area contributed by atoms with Crippen LogP contribution in [0.4, 0.5) is 11.5 Å². The molecule has 0 aliphatic heterocycles.